The van der Waals surface area contributed by atoms with Crippen LogP contribution in [-0.2, 0) is 4.79 Å². The highest BCUT2D eigenvalue weighted by molar-refractivity contribution is 5.65. The number of nitrogens with zero attached hydrogens (tertiary/aromatic N) is 3. The van der Waals surface area contributed by atoms with Gasteiger partial charge in [-0.25, -0.2) is 9.79 Å². The van der Waals surface area contributed by atoms with Gasteiger partial charge in [0, 0.05) is 0 Å². The van der Waals surface area contributed by atoms with Crippen LogP contribution < -0.4 is 0 Å². The Morgan fingerprint density at radius 2 is 2.57 bits per heavy atom. The third-order valence-corrected chi connectivity index (χ3v) is 0.475. The van der Waals surface area contributed by atoms with E-state index in [1.807, 2.05) is 0 Å². The van der Waals surface area contributed by atoms with Crippen molar-refractivity contribution in [2.75, 3.05) is 0 Å². The third-order valence-electron chi connectivity index (χ3n) is 0.475. The Labute approximate surface area is 39.3 Å². The molecule has 0 amide bonds. The SMILES string of the molecule is O=C=C1N=CN=N1. The van der Waals surface area contributed by atoms with E-state index in [1.54, 1.807) is 0 Å². The van der Waals surface area contributed by atoms with Gasteiger partial charge in [-0.1, -0.05) is 0 Å². The lowest BCUT2D eigenvalue weighted by molar-refractivity contribution is 0.566. The molecule has 1 heterocycles. The van der Waals surface area contributed by atoms with Gasteiger partial charge in [-0.05, 0) is 0 Å². The van der Waals surface area contributed by atoms with E-state index >= 15 is 0 Å². The zero-order valence-electron chi connectivity index (χ0n) is 3.33. The fourth-order valence-electron chi connectivity index (χ4n) is 0.234. The van der Waals surface area contributed by atoms with Crippen molar-refractivity contribution in [3.8, 4) is 0 Å². The summed E-state index contributed by atoms with van der Waals surface area (Å²) >= 11 is 0. The van der Waals surface area contributed by atoms with Gasteiger partial charge in [0.1, 0.15) is 6.34 Å². The molecule has 4 heteroatoms. The minimum atomic E-state index is 0.0139. The van der Waals surface area contributed by atoms with E-state index in [0.29, 0.717) is 0 Å². The van der Waals surface area contributed by atoms with E-state index in [4.69, 9.17) is 0 Å². The first-order valence-electron chi connectivity index (χ1n) is 1.62. The maximum Gasteiger partial charge on any atom is 0.260 e. The van der Waals surface area contributed by atoms with Gasteiger partial charge in [-0.3, -0.25) is 0 Å². The second-order valence-corrected chi connectivity index (χ2v) is 0.886. The Morgan fingerprint density at radius 1 is 1.71 bits per heavy atom. The molecule has 0 unspecified atom stereocenters. The quantitative estimate of drug-likeness (QED) is 0.395. The summed E-state index contributed by atoms with van der Waals surface area (Å²) in [7, 11) is 0. The van der Waals surface area contributed by atoms with Crippen LogP contribution in [0.3, 0.4) is 0 Å². The first-order chi connectivity index (χ1) is 3.43. The van der Waals surface area contributed by atoms with Crippen LogP contribution in [-0.4, -0.2) is 12.3 Å². The van der Waals surface area contributed by atoms with Crippen LogP contribution in [0.2, 0.25) is 0 Å². The molecule has 1 aliphatic heterocycles. The highest BCUT2D eigenvalue weighted by Crippen LogP contribution is 1.97. The van der Waals surface area contributed by atoms with E-state index in [9.17, 15) is 4.79 Å². The Kier molecular flexibility index (Phi) is 0.805. The predicted molar refractivity (Wildman–Crippen MR) is 22.6 cm³/mol. The first kappa shape index (κ1) is 3.89. The molecule has 34 valence electrons. The highest BCUT2D eigenvalue weighted by Gasteiger charge is 1.91. The molecular weight excluding hydrogens is 94.1 g/mol. The van der Waals surface area contributed by atoms with Gasteiger partial charge in [0.2, 0.25) is 0 Å². The Morgan fingerprint density at radius 3 is 2.86 bits per heavy atom. The van der Waals surface area contributed by atoms with Crippen molar-refractivity contribution in [3.05, 3.63) is 5.82 Å². The van der Waals surface area contributed by atoms with E-state index in [1.165, 1.54) is 12.3 Å². The van der Waals surface area contributed by atoms with Crippen LogP contribution >= 0.6 is 0 Å². The lowest BCUT2D eigenvalue weighted by Gasteiger charge is -1.64. The first-order valence-corrected chi connectivity index (χ1v) is 1.62. The molecule has 1 rings (SSSR count). The van der Waals surface area contributed by atoms with Gasteiger partial charge in [-0.15, -0.1) is 10.2 Å². The summed E-state index contributed by atoms with van der Waals surface area (Å²) in [5, 5.41) is 6.52. The average molecular weight is 95.1 g/mol. The van der Waals surface area contributed by atoms with Crippen molar-refractivity contribution >= 4 is 12.3 Å². The molecular formula is C3HN3O. The number of carbonyl (C=O) groups excluding carboxylic acids is 1. The molecule has 1 aliphatic rings. The molecule has 0 aromatic rings. The molecule has 0 N–H and O–H groups in total. The molecule has 0 atom stereocenters. The van der Waals surface area contributed by atoms with Gasteiger partial charge in [-0.2, -0.15) is 0 Å². The summed E-state index contributed by atoms with van der Waals surface area (Å²) < 4.78 is 0. The summed E-state index contributed by atoms with van der Waals surface area (Å²) in [4.78, 5) is 13.0. The second-order valence-electron chi connectivity index (χ2n) is 0.886. The van der Waals surface area contributed by atoms with E-state index in [0.717, 1.165) is 0 Å². The fraction of sp³-hybridized carbons (Fsp3) is 0. The smallest absolute Gasteiger partial charge is 0.229 e. The number of hydrogen-bond donors (Lipinski definition) is 0. The van der Waals surface area contributed by atoms with Crippen molar-refractivity contribution in [1.82, 2.24) is 0 Å². The zero-order valence-corrected chi connectivity index (χ0v) is 3.33. The maximum absolute atomic E-state index is 9.58. The topological polar surface area (TPSA) is 54.1 Å². The minimum Gasteiger partial charge on any atom is -0.229 e. The van der Waals surface area contributed by atoms with Crippen molar-refractivity contribution in [2.24, 2.45) is 15.2 Å². The van der Waals surface area contributed by atoms with E-state index in [-0.39, 0.29) is 5.82 Å². The standard InChI is InChI=1S/C3HN3O/c7-1-3-4-2-5-6-3/h2H. The van der Waals surface area contributed by atoms with Crippen LogP contribution in [0.1, 0.15) is 0 Å². The monoisotopic (exact) mass is 95.0 g/mol. The number of rotatable bonds is 0. The van der Waals surface area contributed by atoms with Gasteiger partial charge in [0.25, 0.3) is 5.82 Å². The van der Waals surface area contributed by atoms with E-state index in [2.05, 4.69) is 15.2 Å². The van der Waals surface area contributed by atoms with Crippen molar-refractivity contribution < 1.29 is 4.79 Å². The molecule has 7 heavy (non-hydrogen) atoms. The lowest BCUT2D eigenvalue weighted by atomic mass is 10.9. The summed E-state index contributed by atoms with van der Waals surface area (Å²) in [6.45, 7) is 0. The van der Waals surface area contributed by atoms with Crippen LogP contribution in [0.5, 0.6) is 0 Å². The molecule has 0 spiro atoms. The molecule has 0 aliphatic carbocycles. The number of azo groups is 1. The average Bonchev–Trinajstić information content (AvgIpc) is 2.14. The molecule has 0 saturated heterocycles. The summed E-state index contributed by atoms with van der Waals surface area (Å²) in [5.41, 5.74) is 0. The highest BCUT2D eigenvalue weighted by atomic mass is 16.1. The van der Waals surface area contributed by atoms with Crippen LogP contribution in [0.4, 0.5) is 0 Å². The van der Waals surface area contributed by atoms with Crippen LogP contribution in [0, 0.1) is 0 Å². The normalized spacial score (nSPS) is 15.1. The van der Waals surface area contributed by atoms with Gasteiger partial charge < -0.3 is 0 Å². The Bertz CT molecular complexity index is 161. The van der Waals surface area contributed by atoms with E-state index < -0.39 is 0 Å². The number of aliphatic imine (C=N–C) groups is 1. The maximum atomic E-state index is 9.58. The van der Waals surface area contributed by atoms with Crippen molar-refractivity contribution in [2.45, 2.75) is 0 Å². The Hall–Kier alpha value is -1.28. The molecule has 0 fully saturated rings. The Balaban J connectivity index is 3.00. The third kappa shape index (κ3) is 0.586. The van der Waals surface area contributed by atoms with Gasteiger partial charge in [0.05, 0.1) is 0 Å². The van der Waals surface area contributed by atoms with Crippen LogP contribution in [0.15, 0.2) is 21.0 Å². The van der Waals surface area contributed by atoms with Gasteiger partial charge in [0.15, 0.2) is 5.94 Å². The zero-order chi connectivity index (χ0) is 5.11. The predicted octanol–water partition coefficient (Wildman–Crippen LogP) is 0.154. The van der Waals surface area contributed by atoms with Crippen LogP contribution in [0.25, 0.3) is 0 Å². The largest absolute Gasteiger partial charge is 0.260 e. The van der Waals surface area contributed by atoms with Gasteiger partial charge >= 0.3 is 0 Å². The minimum absolute atomic E-state index is 0.0139. The second kappa shape index (κ2) is 1.45. The number of hydrogen-bond acceptors (Lipinski definition) is 4. The summed E-state index contributed by atoms with van der Waals surface area (Å²) in [5.74, 6) is 1.49. The lowest BCUT2D eigenvalue weighted by Crippen LogP contribution is -1.61. The molecule has 0 aromatic heterocycles. The molecule has 0 aromatic carbocycles. The molecule has 0 saturated carbocycles. The van der Waals surface area contributed by atoms with Crippen molar-refractivity contribution in [3.63, 3.8) is 0 Å². The molecule has 0 radical (unpaired) electrons. The van der Waals surface area contributed by atoms with Crippen molar-refractivity contribution in [1.29, 1.82) is 0 Å². The summed E-state index contributed by atoms with van der Waals surface area (Å²) in [6.07, 6.45) is 1.19. The summed E-state index contributed by atoms with van der Waals surface area (Å²) in [6, 6.07) is 0. The fourth-order valence-corrected chi connectivity index (χ4v) is 0.234. The molecule has 0 bridgehead atoms. The molecule has 4 nitrogen and oxygen atoms in total.